The fourth-order valence-electron chi connectivity index (χ4n) is 3.68. The van der Waals surface area contributed by atoms with E-state index in [0.29, 0.717) is 18.5 Å². The second kappa shape index (κ2) is 9.56. The lowest BCUT2D eigenvalue weighted by atomic mass is 10.0. The van der Waals surface area contributed by atoms with Crippen molar-refractivity contribution in [1.29, 1.82) is 5.26 Å². The van der Waals surface area contributed by atoms with Crippen LogP contribution in [0.25, 0.3) is 0 Å². The van der Waals surface area contributed by atoms with Crippen LogP contribution < -0.4 is 14.8 Å². The monoisotopic (exact) mass is 547 g/mol. The van der Waals surface area contributed by atoms with Crippen molar-refractivity contribution in [3.63, 3.8) is 0 Å². The van der Waals surface area contributed by atoms with Gasteiger partial charge in [-0.25, -0.2) is 13.4 Å². The molecular weight excluding hydrogens is 527 g/mol. The molecule has 38 heavy (non-hydrogen) atoms. The average Bonchev–Trinajstić information content (AvgIpc) is 3.64. The van der Waals surface area contributed by atoms with E-state index in [-0.39, 0.29) is 22.2 Å². The van der Waals surface area contributed by atoms with E-state index >= 15 is 0 Å². The number of ether oxygens (including phenoxy) is 2. The zero-order valence-electron chi connectivity index (χ0n) is 20.3. The topological polar surface area (TPSA) is 144 Å². The fraction of sp³-hybridized carbons (Fsp3) is 0.292. The Hall–Kier alpha value is -4.25. The van der Waals surface area contributed by atoms with Crippen molar-refractivity contribution >= 4 is 21.4 Å². The lowest BCUT2D eigenvalue weighted by Crippen LogP contribution is -2.21. The van der Waals surface area contributed by atoms with Gasteiger partial charge in [0.25, 0.3) is 17.7 Å². The number of pyridine rings is 1. The minimum atomic E-state index is -4.92. The van der Waals surface area contributed by atoms with Crippen LogP contribution in [0.2, 0.25) is 0 Å². The highest BCUT2D eigenvalue weighted by molar-refractivity contribution is 7.90. The molecule has 0 aliphatic heterocycles. The Morgan fingerprint density at radius 2 is 1.87 bits per heavy atom. The van der Waals surface area contributed by atoms with Crippen molar-refractivity contribution in [2.45, 2.75) is 36.3 Å². The second-order valence-corrected chi connectivity index (χ2v) is 10.6. The van der Waals surface area contributed by atoms with E-state index in [4.69, 9.17) is 9.47 Å². The first kappa shape index (κ1) is 26.8. The third kappa shape index (κ3) is 5.23. The Balaban J connectivity index is 1.76. The Kier molecular flexibility index (Phi) is 6.75. The third-order valence-corrected chi connectivity index (χ3v) is 6.99. The largest absolute Gasteiger partial charge is 0.478 e. The van der Waals surface area contributed by atoms with Crippen LogP contribution in [0.4, 0.5) is 18.9 Å². The van der Waals surface area contributed by atoms with Crippen molar-refractivity contribution in [1.82, 2.24) is 15.2 Å². The molecule has 0 bridgehead atoms. The van der Waals surface area contributed by atoms with Gasteiger partial charge >= 0.3 is 6.18 Å². The SMILES string of the molecule is COc1nc(C2(C#N)CC2)ccc1Oc1nnc(C(F)(F)F)c(C)c1C(=O)Nc1cccc(S(C)(=O)=O)c1. The van der Waals surface area contributed by atoms with E-state index in [1.807, 2.05) is 0 Å². The van der Waals surface area contributed by atoms with Crippen molar-refractivity contribution in [3.8, 4) is 23.6 Å². The van der Waals surface area contributed by atoms with Crippen molar-refractivity contribution in [3.05, 3.63) is 58.9 Å². The number of rotatable bonds is 7. The molecular formula is C24H20F3N5O5S. The number of carbonyl (C=O) groups excluding carboxylic acids is 1. The molecule has 2 aromatic heterocycles. The molecule has 1 aliphatic rings. The van der Waals surface area contributed by atoms with Gasteiger partial charge in [0, 0.05) is 11.9 Å². The molecule has 4 rings (SSSR count). The van der Waals surface area contributed by atoms with Crippen molar-refractivity contribution in [2.75, 3.05) is 18.7 Å². The van der Waals surface area contributed by atoms with Gasteiger partial charge in [0.05, 0.1) is 29.2 Å². The number of alkyl halides is 3. The van der Waals surface area contributed by atoms with Gasteiger partial charge < -0.3 is 14.8 Å². The highest BCUT2D eigenvalue weighted by Crippen LogP contribution is 2.48. The smallest absolute Gasteiger partial charge is 0.435 e. The summed E-state index contributed by atoms with van der Waals surface area (Å²) in [5, 5.41) is 18.5. The number of anilines is 1. The minimum Gasteiger partial charge on any atom is -0.478 e. The van der Waals surface area contributed by atoms with Gasteiger partial charge in [0.1, 0.15) is 5.56 Å². The third-order valence-electron chi connectivity index (χ3n) is 5.88. The molecule has 0 unspecified atom stereocenters. The lowest BCUT2D eigenvalue weighted by molar-refractivity contribution is -0.142. The summed E-state index contributed by atoms with van der Waals surface area (Å²) in [6.07, 6.45) is -2.71. The maximum absolute atomic E-state index is 13.6. The van der Waals surface area contributed by atoms with Gasteiger partial charge in [-0.2, -0.15) is 18.4 Å². The molecule has 1 aliphatic carbocycles. The molecule has 0 spiro atoms. The number of nitrogens with zero attached hydrogens (tertiary/aromatic N) is 4. The number of hydrogen-bond donors (Lipinski definition) is 1. The number of methoxy groups -OCH3 is 1. The number of aromatic nitrogens is 3. The first-order valence-corrected chi connectivity index (χ1v) is 12.9. The summed E-state index contributed by atoms with van der Waals surface area (Å²) in [4.78, 5) is 17.4. The Labute approximate surface area is 215 Å². The summed E-state index contributed by atoms with van der Waals surface area (Å²) < 4.78 is 75.4. The molecule has 0 atom stereocenters. The second-order valence-electron chi connectivity index (χ2n) is 8.61. The van der Waals surface area contributed by atoms with Crippen LogP contribution in [-0.4, -0.2) is 42.9 Å². The summed E-state index contributed by atoms with van der Waals surface area (Å²) in [6, 6.07) is 10.3. The number of sulfone groups is 1. The van der Waals surface area contributed by atoms with Gasteiger partial charge in [-0.15, -0.1) is 10.2 Å². The number of halogens is 3. The molecule has 3 aromatic rings. The molecule has 1 aromatic carbocycles. The molecule has 2 heterocycles. The van der Waals surface area contributed by atoms with Gasteiger partial charge in [-0.1, -0.05) is 6.07 Å². The van der Waals surface area contributed by atoms with Crippen LogP contribution in [0.5, 0.6) is 17.5 Å². The van der Waals surface area contributed by atoms with E-state index in [2.05, 4.69) is 26.6 Å². The lowest BCUT2D eigenvalue weighted by Gasteiger charge is -2.17. The molecule has 1 fully saturated rings. The normalized spacial score (nSPS) is 14.3. The number of benzene rings is 1. The maximum Gasteiger partial charge on any atom is 0.435 e. The Morgan fingerprint density at radius 1 is 1.16 bits per heavy atom. The fourth-order valence-corrected chi connectivity index (χ4v) is 4.34. The van der Waals surface area contributed by atoms with E-state index in [1.54, 1.807) is 0 Å². The van der Waals surface area contributed by atoms with Crippen molar-refractivity contribution < 1.29 is 35.9 Å². The zero-order chi connectivity index (χ0) is 27.9. The summed E-state index contributed by atoms with van der Waals surface area (Å²) >= 11 is 0. The molecule has 10 nitrogen and oxygen atoms in total. The molecule has 0 saturated heterocycles. The van der Waals surface area contributed by atoms with E-state index in [1.165, 1.54) is 37.4 Å². The standard InChI is InChI=1S/C24H20F3N5O5S/c1-13-18(20(33)29-14-5-4-6-15(11-14)38(3,34)35)22(32-31-19(13)24(25,26)27)37-16-7-8-17(30-21(16)36-2)23(12-28)9-10-23/h4-8,11H,9-10H2,1-3H3,(H,29,33). The number of hydrogen-bond acceptors (Lipinski definition) is 9. The Morgan fingerprint density at radius 3 is 2.45 bits per heavy atom. The van der Waals surface area contributed by atoms with Gasteiger partial charge in [-0.3, -0.25) is 4.79 Å². The van der Waals surface area contributed by atoms with Crippen LogP contribution in [-0.2, 0) is 21.4 Å². The highest BCUT2D eigenvalue weighted by Gasteiger charge is 2.47. The molecule has 14 heteroatoms. The highest BCUT2D eigenvalue weighted by atomic mass is 32.2. The summed E-state index contributed by atoms with van der Waals surface area (Å²) in [7, 11) is -2.33. The van der Waals surface area contributed by atoms with Crippen LogP contribution in [0.3, 0.4) is 0 Å². The number of nitriles is 1. The molecule has 1 amide bonds. The van der Waals surface area contributed by atoms with Crippen LogP contribution in [0.1, 0.15) is 40.2 Å². The predicted molar refractivity (Wildman–Crippen MR) is 127 cm³/mol. The summed E-state index contributed by atoms with van der Waals surface area (Å²) in [5.41, 5.74) is -2.82. The van der Waals surface area contributed by atoms with Crippen molar-refractivity contribution in [2.24, 2.45) is 0 Å². The van der Waals surface area contributed by atoms with Crippen LogP contribution in [0.15, 0.2) is 41.3 Å². The molecule has 198 valence electrons. The van der Waals surface area contributed by atoms with Gasteiger partial charge in [0.2, 0.25) is 0 Å². The number of nitrogens with one attached hydrogen (secondary N) is 1. The molecule has 1 saturated carbocycles. The first-order valence-electron chi connectivity index (χ1n) is 11.0. The minimum absolute atomic E-state index is 0.0171. The zero-order valence-corrected chi connectivity index (χ0v) is 21.1. The van der Waals surface area contributed by atoms with Crippen LogP contribution >= 0.6 is 0 Å². The number of carbonyl (C=O) groups is 1. The predicted octanol–water partition coefficient (Wildman–Crippen LogP) is 4.21. The van der Waals surface area contributed by atoms with Crippen LogP contribution in [0, 0.1) is 18.3 Å². The number of amides is 1. The molecule has 0 radical (unpaired) electrons. The summed E-state index contributed by atoms with van der Waals surface area (Å²) in [5.74, 6) is -1.77. The van der Waals surface area contributed by atoms with Gasteiger partial charge in [-0.05, 0) is 55.7 Å². The quantitative estimate of drug-likeness (QED) is 0.460. The Bertz CT molecular complexity index is 1580. The van der Waals surface area contributed by atoms with E-state index in [0.717, 1.165) is 19.2 Å². The van der Waals surface area contributed by atoms with E-state index < -0.39 is 50.0 Å². The molecule has 1 N–H and O–H groups in total. The average molecular weight is 548 g/mol. The first-order chi connectivity index (χ1) is 17.8. The maximum atomic E-state index is 13.6. The summed E-state index contributed by atoms with van der Waals surface area (Å²) in [6.45, 7) is 1.04. The van der Waals surface area contributed by atoms with Gasteiger partial charge in [0.15, 0.2) is 21.3 Å². The van der Waals surface area contributed by atoms with E-state index in [9.17, 15) is 31.6 Å².